The summed E-state index contributed by atoms with van der Waals surface area (Å²) in [5, 5.41) is 2.61. The molecule has 13 heavy (non-hydrogen) atoms. The number of carbonyl (C=O) groups is 1. The van der Waals surface area contributed by atoms with Gasteiger partial charge in [0.1, 0.15) is 0 Å². The van der Waals surface area contributed by atoms with Crippen LogP contribution in [0.1, 0.15) is 20.3 Å². The smallest absolute Gasteiger partial charge is 0.407 e. The van der Waals surface area contributed by atoms with Crippen LogP contribution in [0.25, 0.3) is 0 Å². The van der Waals surface area contributed by atoms with Crippen molar-refractivity contribution in [3.8, 4) is 0 Å². The molecule has 0 fully saturated rings. The average Bonchev–Trinajstić information content (AvgIpc) is 2.00. The van der Waals surface area contributed by atoms with Gasteiger partial charge in [-0.15, -0.1) is 0 Å². The van der Waals surface area contributed by atoms with E-state index in [4.69, 9.17) is 10.5 Å². The van der Waals surface area contributed by atoms with Gasteiger partial charge in [0.2, 0.25) is 0 Å². The van der Waals surface area contributed by atoms with Crippen molar-refractivity contribution in [2.75, 3.05) is 13.2 Å². The molecule has 3 N–H and O–H groups in total. The minimum Gasteiger partial charge on any atom is -0.449 e. The standard InChI is InChI=1S/C8H16N2O2S/c1-6(2)5-10-8(11)12-4-3-7(9)13/h6H,3-5H2,1-2H3,(H2,9,13)(H,10,11). The molecule has 1 amide bonds. The first-order chi connectivity index (χ1) is 6.02. The molecule has 0 aromatic rings. The molecular formula is C8H16N2O2S. The molecule has 0 aromatic carbocycles. The van der Waals surface area contributed by atoms with E-state index < -0.39 is 6.09 Å². The second-order valence-electron chi connectivity index (χ2n) is 3.13. The first kappa shape index (κ1) is 12.2. The minimum absolute atomic E-state index is 0.249. The Morgan fingerprint density at radius 1 is 1.62 bits per heavy atom. The summed E-state index contributed by atoms with van der Waals surface area (Å²) in [4.78, 5) is 11.3. The van der Waals surface area contributed by atoms with Crippen molar-refractivity contribution in [2.45, 2.75) is 20.3 Å². The number of alkyl carbamates (subject to hydrolysis) is 1. The van der Waals surface area contributed by atoms with Crippen LogP contribution in [0.2, 0.25) is 0 Å². The summed E-state index contributed by atoms with van der Waals surface area (Å²) in [5.41, 5.74) is 5.22. The van der Waals surface area contributed by atoms with Gasteiger partial charge in [0.15, 0.2) is 0 Å². The maximum Gasteiger partial charge on any atom is 0.407 e. The van der Waals surface area contributed by atoms with Gasteiger partial charge in [0.05, 0.1) is 11.6 Å². The van der Waals surface area contributed by atoms with Crippen molar-refractivity contribution < 1.29 is 9.53 Å². The number of hydrogen-bond acceptors (Lipinski definition) is 3. The zero-order valence-electron chi connectivity index (χ0n) is 8.00. The van der Waals surface area contributed by atoms with E-state index in [2.05, 4.69) is 17.5 Å². The largest absolute Gasteiger partial charge is 0.449 e. The van der Waals surface area contributed by atoms with Gasteiger partial charge < -0.3 is 15.8 Å². The van der Waals surface area contributed by atoms with Crippen molar-refractivity contribution in [3.63, 3.8) is 0 Å². The first-order valence-electron chi connectivity index (χ1n) is 4.21. The highest BCUT2D eigenvalue weighted by atomic mass is 32.1. The van der Waals surface area contributed by atoms with Crippen LogP contribution in [0, 0.1) is 5.92 Å². The topological polar surface area (TPSA) is 64.3 Å². The Labute approximate surface area is 83.8 Å². The van der Waals surface area contributed by atoms with Crippen molar-refractivity contribution in [3.05, 3.63) is 0 Å². The van der Waals surface area contributed by atoms with E-state index in [-0.39, 0.29) is 6.61 Å². The molecule has 0 aliphatic carbocycles. The van der Waals surface area contributed by atoms with Crippen LogP contribution in [-0.4, -0.2) is 24.2 Å². The molecule has 0 saturated carbocycles. The van der Waals surface area contributed by atoms with E-state index in [9.17, 15) is 4.79 Å². The van der Waals surface area contributed by atoms with Gasteiger partial charge in [0, 0.05) is 13.0 Å². The van der Waals surface area contributed by atoms with Crippen LogP contribution in [0.5, 0.6) is 0 Å². The fourth-order valence-electron chi connectivity index (χ4n) is 0.583. The van der Waals surface area contributed by atoms with Gasteiger partial charge in [-0.25, -0.2) is 4.79 Å². The average molecular weight is 204 g/mol. The van der Waals surface area contributed by atoms with Gasteiger partial charge >= 0.3 is 6.09 Å². The Kier molecular flexibility index (Phi) is 6.22. The minimum atomic E-state index is -0.412. The van der Waals surface area contributed by atoms with E-state index in [1.807, 2.05) is 13.8 Å². The number of rotatable bonds is 5. The SMILES string of the molecule is CC(C)CNC(=O)OCCC(N)=S. The second kappa shape index (κ2) is 6.65. The molecule has 0 heterocycles. The van der Waals surface area contributed by atoms with E-state index in [1.54, 1.807) is 0 Å². The lowest BCUT2D eigenvalue weighted by Crippen LogP contribution is -2.28. The Morgan fingerprint density at radius 3 is 2.69 bits per heavy atom. The monoisotopic (exact) mass is 204 g/mol. The second-order valence-corrected chi connectivity index (χ2v) is 3.65. The predicted octanol–water partition coefficient (Wildman–Crippen LogP) is 1.04. The molecule has 0 bridgehead atoms. The Morgan fingerprint density at radius 2 is 2.23 bits per heavy atom. The van der Waals surface area contributed by atoms with Crippen LogP contribution in [0.3, 0.4) is 0 Å². The van der Waals surface area contributed by atoms with Crippen molar-refractivity contribution in [1.82, 2.24) is 5.32 Å². The van der Waals surface area contributed by atoms with Crippen LogP contribution in [0.15, 0.2) is 0 Å². The Balaban J connectivity index is 3.35. The lowest BCUT2D eigenvalue weighted by Gasteiger charge is -2.07. The summed E-state index contributed by atoms with van der Waals surface area (Å²) in [6.07, 6.45) is 0.0229. The number of carbonyl (C=O) groups excluding carboxylic acids is 1. The number of nitrogens with one attached hydrogen (secondary N) is 1. The van der Waals surface area contributed by atoms with E-state index in [0.29, 0.717) is 23.9 Å². The fourth-order valence-corrected chi connectivity index (χ4v) is 0.666. The third kappa shape index (κ3) is 9.07. The van der Waals surface area contributed by atoms with E-state index in [0.717, 1.165) is 0 Å². The molecular weight excluding hydrogens is 188 g/mol. The summed E-state index contributed by atoms with van der Waals surface area (Å²) in [6, 6.07) is 0. The fraction of sp³-hybridized carbons (Fsp3) is 0.750. The molecule has 0 aliphatic rings. The molecule has 76 valence electrons. The summed E-state index contributed by atoms with van der Waals surface area (Å²) in [5.74, 6) is 0.420. The third-order valence-electron chi connectivity index (χ3n) is 1.24. The van der Waals surface area contributed by atoms with Crippen LogP contribution >= 0.6 is 12.2 Å². The normalized spacial score (nSPS) is 9.77. The molecule has 0 radical (unpaired) electrons. The predicted molar refractivity (Wildman–Crippen MR) is 55.6 cm³/mol. The number of amides is 1. The van der Waals surface area contributed by atoms with Gasteiger partial charge in [-0.2, -0.15) is 0 Å². The summed E-state index contributed by atoms with van der Waals surface area (Å²) < 4.78 is 4.79. The Bertz CT molecular complexity index is 183. The highest BCUT2D eigenvalue weighted by molar-refractivity contribution is 7.80. The maximum atomic E-state index is 10.9. The van der Waals surface area contributed by atoms with Gasteiger partial charge in [-0.05, 0) is 5.92 Å². The van der Waals surface area contributed by atoms with Gasteiger partial charge in [-0.1, -0.05) is 26.1 Å². The third-order valence-corrected chi connectivity index (χ3v) is 1.44. The molecule has 0 rings (SSSR count). The summed E-state index contributed by atoms with van der Waals surface area (Å²) in [7, 11) is 0. The Hall–Kier alpha value is -0.840. The number of hydrogen-bond donors (Lipinski definition) is 2. The molecule has 4 nitrogen and oxygen atoms in total. The highest BCUT2D eigenvalue weighted by Gasteiger charge is 2.02. The summed E-state index contributed by atoms with van der Waals surface area (Å²) in [6.45, 7) is 4.88. The van der Waals surface area contributed by atoms with Crippen molar-refractivity contribution in [1.29, 1.82) is 0 Å². The quantitative estimate of drug-likeness (QED) is 0.657. The number of nitrogens with two attached hydrogens (primary N) is 1. The molecule has 0 saturated heterocycles. The van der Waals surface area contributed by atoms with Crippen LogP contribution < -0.4 is 11.1 Å². The molecule has 0 atom stereocenters. The lowest BCUT2D eigenvalue weighted by molar-refractivity contribution is 0.148. The molecule has 0 spiro atoms. The van der Waals surface area contributed by atoms with Crippen molar-refractivity contribution in [2.24, 2.45) is 11.7 Å². The summed E-state index contributed by atoms with van der Waals surface area (Å²) >= 11 is 4.62. The zero-order valence-corrected chi connectivity index (χ0v) is 8.82. The molecule has 0 unspecified atom stereocenters. The van der Waals surface area contributed by atoms with E-state index in [1.165, 1.54) is 0 Å². The maximum absolute atomic E-state index is 10.9. The van der Waals surface area contributed by atoms with Gasteiger partial charge in [0.25, 0.3) is 0 Å². The number of ether oxygens (including phenoxy) is 1. The zero-order chi connectivity index (χ0) is 10.3. The van der Waals surface area contributed by atoms with Crippen LogP contribution in [0.4, 0.5) is 4.79 Å². The molecule has 0 aliphatic heterocycles. The highest BCUT2D eigenvalue weighted by Crippen LogP contribution is 1.89. The van der Waals surface area contributed by atoms with E-state index >= 15 is 0 Å². The molecule has 5 heteroatoms. The number of thiocarbonyl (C=S) groups is 1. The molecule has 0 aromatic heterocycles. The first-order valence-corrected chi connectivity index (χ1v) is 4.62. The van der Waals surface area contributed by atoms with Gasteiger partial charge in [-0.3, -0.25) is 0 Å². The van der Waals surface area contributed by atoms with Crippen LogP contribution in [-0.2, 0) is 4.74 Å². The van der Waals surface area contributed by atoms with Crippen molar-refractivity contribution >= 4 is 23.3 Å². The lowest BCUT2D eigenvalue weighted by atomic mass is 10.2.